The Morgan fingerprint density at radius 2 is 1.83 bits per heavy atom. The van der Waals surface area contributed by atoms with Crippen molar-refractivity contribution in [2.75, 3.05) is 0 Å². The number of carbonyl (C=O) groups excluding carboxylic acids is 1. The van der Waals surface area contributed by atoms with Crippen molar-refractivity contribution >= 4 is 12.3 Å². The predicted octanol–water partition coefficient (Wildman–Crippen LogP) is 1.77. The SMILES string of the molecule is CC(C)(C)C(OC(N)C1CC1N[C@H](C=O)CC(=O)O)C(C)(C)C. The van der Waals surface area contributed by atoms with Crippen LogP contribution in [0.15, 0.2) is 0 Å². The molecule has 0 aromatic rings. The number of aldehydes is 1. The maximum Gasteiger partial charge on any atom is 0.305 e. The number of aliphatic carboxylic acids is 1. The first-order valence-electron chi connectivity index (χ1n) is 8.20. The van der Waals surface area contributed by atoms with Crippen LogP contribution in [0.5, 0.6) is 0 Å². The van der Waals surface area contributed by atoms with Crippen molar-refractivity contribution in [2.45, 2.75) is 78.8 Å². The number of ether oxygens (including phenoxy) is 1. The van der Waals surface area contributed by atoms with Crippen LogP contribution in [-0.2, 0) is 14.3 Å². The first-order valence-corrected chi connectivity index (χ1v) is 8.20. The van der Waals surface area contributed by atoms with Gasteiger partial charge in [0.2, 0.25) is 0 Å². The zero-order chi connectivity index (χ0) is 18.0. The van der Waals surface area contributed by atoms with Gasteiger partial charge in [0.1, 0.15) is 12.5 Å². The Kier molecular flexibility index (Phi) is 6.35. The van der Waals surface area contributed by atoms with E-state index >= 15 is 0 Å². The second-order valence-electron chi connectivity index (χ2n) is 8.73. The number of hydrogen-bond donors (Lipinski definition) is 3. The fourth-order valence-electron chi connectivity index (χ4n) is 3.34. The highest BCUT2D eigenvalue weighted by Gasteiger charge is 2.46. The molecule has 4 atom stereocenters. The van der Waals surface area contributed by atoms with Gasteiger partial charge in [0.05, 0.1) is 18.6 Å². The van der Waals surface area contributed by atoms with Gasteiger partial charge in [-0.25, -0.2) is 0 Å². The third-order valence-electron chi connectivity index (χ3n) is 4.12. The third-order valence-corrected chi connectivity index (χ3v) is 4.12. The van der Waals surface area contributed by atoms with Crippen LogP contribution < -0.4 is 11.1 Å². The number of rotatable bonds is 8. The summed E-state index contributed by atoms with van der Waals surface area (Å²) in [4.78, 5) is 21.6. The zero-order valence-electron chi connectivity index (χ0n) is 15.1. The molecule has 1 fully saturated rings. The quantitative estimate of drug-likeness (QED) is 0.464. The van der Waals surface area contributed by atoms with Crippen molar-refractivity contribution < 1.29 is 19.4 Å². The minimum Gasteiger partial charge on any atom is -0.481 e. The molecule has 0 aliphatic heterocycles. The van der Waals surface area contributed by atoms with Gasteiger partial charge in [-0.15, -0.1) is 0 Å². The van der Waals surface area contributed by atoms with E-state index in [0.29, 0.717) is 6.29 Å². The van der Waals surface area contributed by atoms with Crippen LogP contribution in [0, 0.1) is 16.7 Å². The second-order valence-corrected chi connectivity index (χ2v) is 8.73. The van der Waals surface area contributed by atoms with E-state index in [9.17, 15) is 9.59 Å². The molecule has 0 heterocycles. The summed E-state index contributed by atoms with van der Waals surface area (Å²) in [6.07, 6.45) is 0.796. The minimum atomic E-state index is -0.993. The van der Waals surface area contributed by atoms with Crippen LogP contribution in [0.4, 0.5) is 0 Å². The van der Waals surface area contributed by atoms with Crippen molar-refractivity contribution in [2.24, 2.45) is 22.5 Å². The van der Waals surface area contributed by atoms with Gasteiger partial charge in [0.15, 0.2) is 0 Å². The lowest BCUT2D eigenvalue weighted by atomic mass is 9.74. The summed E-state index contributed by atoms with van der Waals surface area (Å²) in [7, 11) is 0. The lowest BCUT2D eigenvalue weighted by Gasteiger charge is -2.42. The molecular formula is C17H32N2O4. The third kappa shape index (κ3) is 6.20. The predicted molar refractivity (Wildman–Crippen MR) is 88.9 cm³/mol. The molecular weight excluding hydrogens is 296 g/mol. The molecule has 6 heteroatoms. The van der Waals surface area contributed by atoms with E-state index in [1.165, 1.54) is 0 Å². The van der Waals surface area contributed by atoms with Crippen LogP contribution in [0.25, 0.3) is 0 Å². The normalized spacial score (nSPS) is 24.3. The molecule has 0 bridgehead atoms. The van der Waals surface area contributed by atoms with E-state index in [0.717, 1.165) is 6.42 Å². The van der Waals surface area contributed by atoms with Crippen LogP contribution in [0.2, 0.25) is 0 Å². The first-order chi connectivity index (χ1) is 10.4. The maximum absolute atomic E-state index is 10.9. The largest absolute Gasteiger partial charge is 0.481 e. The molecule has 1 rings (SSSR count). The molecule has 1 saturated carbocycles. The molecule has 0 aromatic heterocycles. The molecule has 134 valence electrons. The minimum absolute atomic E-state index is 0.00728. The Labute approximate surface area is 139 Å². The monoisotopic (exact) mass is 328 g/mol. The topological polar surface area (TPSA) is 102 Å². The van der Waals surface area contributed by atoms with E-state index in [4.69, 9.17) is 15.6 Å². The van der Waals surface area contributed by atoms with Crippen molar-refractivity contribution in [3.63, 3.8) is 0 Å². The van der Waals surface area contributed by atoms with Crippen LogP contribution in [0.3, 0.4) is 0 Å². The highest BCUT2D eigenvalue weighted by Crippen LogP contribution is 2.40. The fourth-order valence-corrected chi connectivity index (χ4v) is 3.34. The molecule has 1 aliphatic carbocycles. The van der Waals surface area contributed by atoms with E-state index < -0.39 is 18.2 Å². The summed E-state index contributed by atoms with van der Waals surface area (Å²) in [5, 5.41) is 11.8. The van der Waals surface area contributed by atoms with Gasteiger partial charge in [-0.05, 0) is 17.3 Å². The molecule has 4 N–H and O–H groups in total. The van der Waals surface area contributed by atoms with E-state index in [1.54, 1.807) is 0 Å². The zero-order valence-corrected chi connectivity index (χ0v) is 15.1. The van der Waals surface area contributed by atoms with Crippen molar-refractivity contribution in [1.82, 2.24) is 5.32 Å². The van der Waals surface area contributed by atoms with Gasteiger partial charge < -0.3 is 25.7 Å². The lowest BCUT2D eigenvalue weighted by Crippen LogP contribution is -2.46. The summed E-state index contributed by atoms with van der Waals surface area (Å²) in [6, 6.07) is -0.629. The molecule has 6 nitrogen and oxygen atoms in total. The Hall–Kier alpha value is -0.980. The summed E-state index contributed by atoms with van der Waals surface area (Å²) >= 11 is 0. The second kappa shape index (κ2) is 7.28. The molecule has 0 aromatic carbocycles. The van der Waals surface area contributed by atoms with Gasteiger partial charge >= 0.3 is 5.97 Å². The number of carboxylic acid groups (broad SMARTS) is 1. The van der Waals surface area contributed by atoms with Gasteiger partial charge in [0, 0.05) is 12.0 Å². The molecule has 3 unspecified atom stereocenters. The Morgan fingerprint density at radius 3 is 2.22 bits per heavy atom. The summed E-state index contributed by atoms with van der Waals surface area (Å²) in [6.45, 7) is 12.8. The lowest BCUT2D eigenvalue weighted by molar-refractivity contribution is -0.138. The Balaban J connectivity index is 2.58. The van der Waals surface area contributed by atoms with E-state index in [-0.39, 0.29) is 35.3 Å². The number of hydrogen-bond acceptors (Lipinski definition) is 5. The van der Waals surface area contributed by atoms with Crippen LogP contribution >= 0.6 is 0 Å². The van der Waals surface area contributed by atoms with Gasteiger partial charge in [0.25, 0.3) is 0 Å². The van der Waals surface area contributed by atoms with Gasteiger partial charge in [-0.2, -0.15) is 0 Å². The summed E-state index contributed by atoms with van der Waals surface area (Å²) < 4.78 is 6.16. The van der Waals surface area contributed by atoms with Gasteiger partial charge in [-0.1, -0.05) is 41.5 Å². The molecule has 0 radical (unpaired) electrons. The fraction of sp³-hybridized carbons (Fsp3) is 0.882. The highest BCUT2D eigenvalue weighted by molar-refractivity contribution is 5.73. The number of carboxylic acids is 1. The summed E-state index contributed by atoms with van der Waals surface area (Å²) in [5.41, 5.74) is 6.14. The Morgan fingerprint density at radius 1 is 1.30 bits per heavy atom. The van der Waals surface area contributed by atoms with E-state index in [1.807, 2.05) is 0 Å². The maximum atomic E-state index is 10.9. The molecule has 23 heavy (non-hydrogen) atoms. The summed E-state index contributed by atoms with van der Waals surface area (Å²) in [5.74, 6) is -0.883. The number of nitrogens with two attached hydrogens (primary N) is 1. The Bertz CT molecular complexity index is 411. The van der Waals surface area contributed by atoms with E-state index in [2.05, 4.69) is 46.9 Å². The van der Waals surface area contributed by atoms with Gasteiger partial charge in [-0.3, -0.25) is 4.79 Å². The van der Waals surface area contributed by atoms with Crippen LogP contribution in [-0.4, -0.2) is 41.8 Å². The molecule has 0 saturated heterocycles. The average molecular weight is 328 g/mol. The molecule has 1 aliphatic rings. The number of nitrogens with one attached hydrogen (secondary N) is 1. The standard InChI is InChI=1S/C17H32N2O4/c1-16(2,3)15(17(4,5)6)23-14(18)11-8-12(11)19-10(9-20)7-13(21)22/h9-12,14-15,19H,7-8,18H2,1-6H3,(H,21,22)/t10-,11?,12?,14?/m0/s1. The van der Waals surface area contributed by atoms with Crippen LogP contribution in [0.1, 0.15) is 54.4 Å². The molecule has 0 amide bonds. The number of carbonyl (C=O) groups is 2. The highest BCUT2D eigenvalue weighted by atomic mass is 16.5. The van der Waals surface area contributed by atoms with Crippen molar-refractivity contribution in [1.29, 1.82) is 0 Å². The van der Waals surface area contributed by atoms with Crippen molar-refractivity contribution in [3.8, 4) is 0 Å². The smallest absolute Gasteiger partial charge is 0.305 e. The average Bonchev–Trinajstić information content (AvgIpc) is 3.10. The van der Waals surface area contributed by atoms with Crippen molar-refractivity contribution in [3.05, 3.63) is 0 Å². The first kappa shape index (κ1) is 20.1. The molecule has 0 spiro atoms.